The van der Waals surface area contributed by atoms with Crippen LogP contribution in [-0.4, -0.2) is 28.0 Å². The lowest BCUT2D eigenvalue weighted by Gasteiger charge is -2.25. The van der Waals surface area contributed by atoms with Gasteiger partial charge in [0.1, 0.15) is 12.3 Å². The lowest BCUT2D eigenvalue weighted by Crippen LogP contribution is -2.41. The van der Waals surface area contributed by atoms with Crippen LogP contribution in [0.3, 0.4) is 0 Å². The predicted octanol–water partition coefficient (Wildman–Crippen LogP) is 5.30. The molecular formula is C27H29ClN2O4S. The van der Waals surface area contributed by atoms with Crippen molar-refractivity contribution in [2.75, 3.05) is 18.0 Å². The normalized spacial score (nSPS) is 14.0. The maximum absolute atomic E-state index is 13.5. The third kappa shape index (κ3) is 5.80. The second-order valence-corrected chi connectivity index (χ2v) is 11.0. The van der Waals surface area contributed by atoms with Gasteiger partial charge in [-0.1, -0.05) is 29.8 Å². The predicted molar refractivity (Wildman–Crippen MR) is 139 cm³/mol. The molecule has 0 fully saturated rings. The van der Waals surface area contributed by atoms with Gasteiger partial charge in [0, 0.05) is 5.02 Å². The minimum Gasteiger partial charge on any atom is -0.497 e. The molecule has 0 spiro atoms. The van der Waals surface area contributed by atoms with Gasteiger partial charge in [-0.2, -0.15) is 0 Å². The second kappa shape index (κ2) is 10.7. The van der Waals surface area contributed by atoms with Gasteiger partial charge in [0.25, 0.3) is 10.0 Å². The maximum atomic E-state index is 13.5. The molecule has 184 valence electrons. The van der Waals surface area contributed by atoms with E-state index < -0.39 is 15.9 Å². The number of amides is 1. The number of ether oxygens (including phenoxy) is 1. The van der Waals surface area contributed by atoms with E-state index in [2.05, 4.69) is 17.4 Å². The average Bonchev–Trinajstić information content (AvgIpc) is 2.87. The summed E-state index contributed by atoms with van der Waals surface area (Å²) in [6.07, 6.45) is 4.53. The van der Waals surface area contributed by atoms with Crippen LogP contribution in [0.15, 0.2) is 71.6 Å². The van der Waals surface area contributed by atoms with Gasteiger partial charge in [0.2, 0.25) is 5.91 Å². The van der Waals surface area contributed by atoms with E-state index >= 15 is 0 Å². The summed E-state index contributed by atoms with van der Waals surface area (Å²) < 4.78 is 33.3. The first-order valence-electron chi connectivity index (χ1n) is 11.6. The molecular weight excluding hydrogens is 484 g/mol. The Morgan fingerprint density at radius 2 is 1.66 bits per heavy atom. The van der Waals surface area contributed by atoms with E-state index in [4.69, 9.17) is 16.3 Å². The Morgan fingerprint density at radius 1 is 1.00 bits per heavy atom. The number of methoxy groups -OCH3 is 1. The van der Waals surface area contributed by atoms with Gasteiger partial charge in [-0.25, -0.2) is 8.42 Å². The molecule has 0 aromatic heterocycles. The molecule has 1 aliphatic rings. The molecule has 1 amide bonds. The summed E-state index contributed by atoms with van der Waals surface area (Å²) in [4.78, 5) is 13.1. The third-order valence-corrected chi connectivity index (χ3v) is 8.34. The fourth-order valence-corrected chi connectivity index (χ4v) is 5.87. The smallest absolute Gasteiger partial charge is 0.264 e. The number of hydrogen-bond donors (Lipinski definition) is 1. The van der Waals surface area contributed by atoms with Gasteiger partial charge in [-0.15, -0.1) is 0 Å². The minimum atomic E-state index is -4.03. The Labute approximate surface area is 211 Å². The summed E-state index contributed by atoms with van der Waals surface area (Å²) in [5, 5.41) is 3.44. The first-order valence-corrected chi connectivity index (χ1v) is 13.4. The maximum Gasteiger partial charge on any atom is 0.264 e. The van der Waals surface area contributed by atoms with E-state index in [-0.39, 0.29) is 17.5 Å². The molecule has 0 aliphatic heterocycles. The zero-order valence-corrected chi connectivity index (χ0v) is 21.4. The number of carbonyl (C=O) groups excluding carboxylic acids is 1. The van der Waals surface area contributed by atoms with E-state index in [1.165, 1.54) is 43.2 Å². The summed E-state index contributed by atoms with van der Waals surface area (Å²) in [6, 6.07) is 18.5. The molecule has 35 heavy (non-hydrogen) atoms. The number of anilines is 1. The Bertz CT molecular complexity index is 1290. The quantitative estimate of drug-likeness (QED) is 0.444. The van der Waals surface area contributed by atoms with E-state index in [1.54, 1.807) is 36.4 Å². The molecule has 0 radical (unpaired) electrons. The molecule has 3 aromatic carbocycles. The lowest BCUT2D eigenvalue weighted by atomic mass is 9.89. The highest BCUT2D eigenvalue weighted by molar-refractivity contribution is 7.92. The molecule has 0 bridgehead atoms. The monoisotopic (exact) mass is 512 g/mol. The number of aryl methyl sites for hydroxylation is 2. The average molecular weight is 513 g/mol. The number of nitrogens with zero attached hydrogens (tertiary/aromatic N) is 1. The molecule has 6 nitrogen and oxygen atoms in total. The number of halogens is 1. The van der Waals surface area contributed by atoms with Gasteiger partial charge >= 0.3 is 0 Å². The number of rotatable bonds is 8. The van der Waals surface area contributed by atoms with Gasteiger partial charge in [-0.3, -0.25) is 9.10 Å². The van der Waals surface area contributed by atoms with E-state index in [1.807, 2.05) is 13.0 Å². The number of hydrogen-bond acceptors (Lipinski definition) is 4. The zero-order valence-electron chi connectivity index (χ0n) is 19.8. The van der Waals surface area contributed by atoms with Crippen LogP contribution in [0.5, 0.6) is 5.75 Å². The Morgan fingerprint density at radius 3 is 2.31 bits per heavy atom. The van der Waals surface area contributed by atoms with Crippen LogP contribution in [0.1, 0.15) is 42.5 Å². The Balaban J connectivity index is 1.56. The Hall–Kier alpha value is -3.03. The first kappa shape index (κ1) is 25.1. The van der Waals surface area contributed by atoms with Crippen LogP contribution < -0.4 is 14.4 Å². The van der Waals surface area contributed by atoms with Crippen LogP contribution in [-0.2, 0) is 27.7 Å². The fourth-order valence-electron chi connectivity index (χ4n) is 4.32. The topological polar surface area (TPSA) is 75.7 Å². The van der Waals surface area contributed by atoms with Crippen molar-refractivity contribution in [2.45, 2.75) is 43.5 Å². The van der Waals surface area contributed by atoms with Gasteiger partial charge < -0.3 is 10.1 Å². The molecule has 3 aromatic rings. The molecule has 0 saturated heterocycles. The van der Waals surface area contributed by atoms with Crippen molar-refractivity contribution in [3.8, 4) is 5.75 Å². The molecule has 1 aliphatic carbocycles. The molecule has 1 atom stereocenters. The molecule has 8 heteroatoms. The zero-order chi connectivity index (χ0) is 25.0. The van der Waals surface area contributed by atoms with Crippen molar-refractivity contribution in [1.82, 2.24) is 5.32 Å². The third-order valence-electron chi connectivity index (χ3n) is 6.30. The molecule has 4 rings (SSSR count). The van der Waals surface area contributed by atoms with Crippen molar-refractivity contribution in [3.05, 3.63) is 88.4 Å². The number of nitrogens with one attached hydrogen (secondary N) is 1. The van der Waals surface area contributed by atoms with Crippen molar-refractivity contribution in [2.24, 2.45) is 0 Å². The summed E-state index contributed by atoms with van der Waals surface area (Å²) >= 11 is 6.01. The van der Waals surface area contributed by atoms with Gasteiger partial charge in [-0.05, 0) is 97.8 Å². The van der Waals surface area contributed by atoms with Crippen LogP contribution in [0.2, 0.25) is 5.02 Å². The SMILES string of the molecule is COc1ccc(S(=O)(=O)N(CC(=O)N[C@@H](C)c2ccc3c(c2)CCCC3)c2ccc(Cl)cc2)cc1. The summed E-state index contributed by atoms with van der Waals surface area (Å²) in [5.74, 6) is 0.140. The van der Waals surface area contributed by atoms with Gasteiger partial charge in [0.15, 0.2) is 0 Å². The molecule has 0 saturated carbocycles. The minimum absolute atomic E-state index is 0.0591. The van der Waals surface area contributed by atoms with E-state index in [9.17, 15) is 13.2 Å². The van der Waals surface area contributed by atoms with Crippen LogP contribution in [0.4, 0.5) is 5.69 Å². The number of carbonyl (C=O) groups is 1. The molecule has 1 N–H and O–H groups in total. The van der Waals surface area contributed by atoms with Crippen molar-refractivity contribution < 1.29 is 17.9 Å². The van der Waals surface area contributed by atoms with Crippen molar-refractivity contribution >= 4 is 33.2 Å². The van der Waals surface area contributed by atoms with Crippen LogP contribution in [0.25, 0.3) is 0 Å². The second-order valence-electron chi connectivity index (χ2n) is 8.69. The molecule has 0 unspecified atom stereocenters. The highest BCUT2D eigenvalue weighted by atomic mass is 35.5. The highest BCUT2D eigenvalue weighted by Gasteiger charge is 2.28. The summed E-state index contributed by atoms with van der Waals surface area (Å²) in [7, 11) is -2.51. The van der Waals surface area contributed by atoms with Gasteiger partial charge in [0.05, 0.1) is 23.7 Å². The van der Waals surface area contributed by atoms with E-state index in [0.29, 0.717) is 16.5 Å². The van der Waals surface area contributed by atoms with Crippen LogP contribution in [0, 0.1) is 0 Å². The lowest BCUT2D eigenvalue weighted by molar-refractivity contribution is -0.120. The van der Waals surface area contributed by atoms with E-state index in [0.717, 1.165) is 22.7 Å². The molecule has 0 heterocycles. The number of benzene rings is 3. The van der Waals surface area contributed by atoms with Crippen molar-refractivity contribution in [1.29, 1.82) is 0 Å². The summed E-state index contributed by atoms with van der Waals surface area (Å²) in [5.41, 5.74) is 4.06. The number of sulfonamides is 1. The summed E-state index contributed by atoms with van der Waals surface area (Å²) in [6.45, 7) is 1.54. The largest absolute Gasteiger partial charge is 0.497 e. The van der Waals surface area contributed by atoms with Crippen LogP contribution >= 0.6 is 11.6 Å². The number of fused-ring (bicyclic) bond motifs is 1. The fraction of sp³-hybridized carbons (Fsp3) is 0.296. The Kier molecular flexibility index (Phi) is 7.67. The standard InChI is InChI=1S/C27H29ClN2O4S/c1-19(21-8-7-20-5-3-4-6-22(20)17-21)29-27(31)18-30(24-11-9-23(28)10-12-24)35(32,33)26-15-13-25(34-2)14-16-26/h7-17,19H,3-6,18H2,1-2H3,(H,29,31)/t19-/m0/s1. The van der Waals surface area contributed by atoms with Crippen molar-refractivity contribution in [3.63, 3.8) is 0 Å². The first-order chi connectivity index (χ1) is 16.8. The highest BCUT2D eigenvalue weighted by Crippen LogP contribution is 2.27.